The third kappa shape index (κ3) is 5.78. The number of rotatable bonds is 8. The predicted molar refractivity (Wildman–Crippen MR) is 137 cm³/mol. The molecule has 3 unspecified atom stereocenters. The van der Waals surface area contributed by atoms with Crippen molar-refractivity contribution in [3.05, 3.63) is 59.7 Å². The lowest BCUT2D eigenvalue weighted by atomic mass is 10.00. The summed E-state index contributed by atoms with van der Waals surface area (Å²) in [6.07, 6.45) is 5.79. The fourth-order valence-corrected chi connectivity index (χ4v) is 4.86. The normalized spacial score (nSPS) is 19.3. The van der Waals surface area contributed by atoms with Crippen LogP contribution in [0.25, 0.3) is 0 Å². The van der Waals surface area contributed by atoms with Crippen molar-refractivity contribution in [2.24, 2.45) is 5.92 Å². The van der Waals surface area contributed by atoms with E-state index in [4.69, 9.17) is 0 Å². The van der Waals surface area contributed by atoms with Crippen molar-refractivity contribution in [3.63, 3.8) is 0 Å². The summed E-state index contributed by atoms with van der Waals surface area (Å²) in [6.45, 7) is 16.6. The second-order valence-electron chi connectivity index (χ2n) is 9.08. The summed E-state index contributed by atoms with van der Waals surface area (Å²) in [6, 6.07) is 6.33. The summed E-state index contributed by atoms with van der Waals surface area (Å²) < 4.78 is 0. The lowest BCUT2D eigenvalue weighted by Crippen LogP contribution is -2.56. The van der Waals surface area contributed by atoms with Gasteiger partial charge in [-0.1, -0.05) is 77.1 Å². The first-order valence-corrected chi connectivity index (χ1v) is 12.6. The van der Waals surface area contributed by atoms with Crippen LogP contribution >= 0.6 is 0 Å². The maximum Gasteiger partial charge on any atom is 0.255 e. The van der Waals surface area contributed by atoms with E-state index in [1.807, 2.05) is 71.9 Å². The van der Waals surface area contributed by atoms with Crippen molar-refractivity contribution in [2.45, 2.75) is 85.5 Å². The number of likely N-dealkylation sites (tertiary alicyclic amines) is 1. The third-order valence-electron chi connectivity index (χ3n) is 6.56. The van der Waals surface area contributed by atoms with E-state index in [2.05, 4.69) is 11.9 Å². The van der Waals surface area contributed by atoms with E-state index in [9.17, 15) is 14.4 Å². The van der Waals surface area contributed by atoms with Gasteiger partial charge in [0.15, 0.2) is 0 Å². The number of fused-ring (bicyclic) bond motifs is 1. The van der Waals surface area contributed by atoms with Crippen LogP contribution < -0.4 is 5.32 Å². The van der Waals surface area contributed by atoms with Crippen LogP contribution in [0.1, 0.15) is 76.7 Å². The topological polar surface area (TPSA) is 69.7 Å². The van der Waals surface area contributed by atoms with Crippen LogP contribution in [0.2, 0.25) is 0 Å². The van der Waals surface area contributed by atoms with Crippen molar-refractivity contribution in [1.29, 1.82) is 0 Å². The van der Waals surface area contributed by atoms with Crippen molar-refractivity contribution in [3.8, 4) is 0 Å². The van der Waals surface area contributed by atoms with Gasteiger partial charge in [-0.15, -0.1) is 0 Å². The van der Waals surface area contributed by atoms with Crippen LogP contribution in [-0.2, 0) is 16.1 Å². The molecule has 1 N–H and O–H groups in total. The van der Waals surface area contributed by atoms with Crippen LogP contribution in [0, 0.1) is 5.92 Å². The van der Waals surface area contributed by atoms with Gasteiger partial charge in [0.1, 0.15) is 12.1 Å². The summed E-state index contributed by atoms with van der Waals surface area (Å²) in [7, 11) is 0. The highest BCUT2D eigenvalue weighted by Crippen LogP contribution is 2.30. The number of carbonyl (C=O) groups excluding carboxylic acids is 3. The quantitative estimate of drug-likeness (QED) is 0.563. The van der Waals surface area contributed by atoms with Crippen LogP contribution in [-0.4, -0.2) is 52.2 Å². The Labute approximate surface area is 205 Å². The highest BCUT2D eigenvalue weighted by Gasteiger charge is 2.43. The van der Waals surface area contributed by atoms with Gasteiger partial charge in [0.25, 0.3) is 5.91 Å². The SMILES string of the molecule is C=C/C=C(\C)C(CC)NC(=O)C1CCCN1C(=O)C(C(C)C)N1Cc2ccccc2C1=O.CC. The second-order valence-corrected chi connectivity index (χ2v) is 9.08. The van der Waals surface area contributed by atoms with E-state index in [1.54, 1.807) is 15.9 Å². The first-order valence-electron chi connectivity index (χ1n) is 12.6. The van der Waals surface area contributed by atoms with Gasteiger partial charge in [-0.25, -0.2) is 0 Å². The highest BCUT2D eigenvalue weighted by molar-refractivity contribution is 6.01. The first kappa shape index (κ1) is 27.4. The van der Waals surface area contributed by atoms with Crippen molar-refractivity contribution < 1.29 is 14.4 Å². The molecule has 2 aliphatic heterocycles. The standard InChI is InChI=1S/C26H35N3O3.C2H6/c1-6-11-18(5)21(7-2)27-24(30)22-14-10-15-28(22)26(32)23(17(3)4)29-16-19-12-8-9-13-20(19)25(29)31;1-2/h6,8-9,11-13,17,21-23H,1,7,10,14-16H2,2-5H3,(H,27,30);1-2H3/b18-11+;. The maximum absolute atomic E-state index is 13.7. The van der Waals surface area contributed by atoms with E-state index in [-0.39, 0.29) is 29.7 Å². The molecule has 1 aromatic carbocycles. The van der Waals surface area contributed by atoms with Gasteiger partial charge in [0.2, 0.25) is 11.8 Å². The largest absolute Gasteiger partial charge is 0.348 e. The number of nitrogens with one attached hydrogen (secondary N) is 1. The number of hydrogen-bond donors (Lipinski definition) is 1. The zero-order valence-corrected chi connectivity index (χ0v) is 21.6. The molecular formula is C28H41N3O3. The molecule has 3 atom stereocenters. The highest BCUT2D eigenvalue weighted by atomic mass is 16.2. The second kappa shape index (κ2) is 12.5. The Balaban J connectivity index is 0.00000199. The van der Waals surface area contributed by atoms with Gasteiger partial charge in [-0.3, -0.25) is 14.4 Å². The summed E-state index contributed by atoms with van der Waals surface area (Å²) in [4.78, 5) is 43.3. The number of benzene rings is 1. The Morgan fingerprint density at radius 1 is 1.24 bits per heavy atom. The van der Waals surface area contributed by atoms with Gasteiger partial charge in [0, 0.05) is 24.7 Å². The molecular weight excluding hydrogens is 426 g/mol. The van der Waals surface area contributed by atoms with Gasteiger partial charge >= 0.3 is 0 Å². The average molecular weight is 468 g/mol. The van der Waals surface area contributed by atoms with Gasteiger partial charge in [0.05, 0.1) is 0 Å². The molecule has 0 aliphatic carbocycles. The zero-order chi connectivity index (χ0) is 25.4. The Morgan fingerprint density at radius 2 is 1.91 bits per heavy atom. The molecule has 1 saturated heterocycles. The zero-order valence-electron chi connectivity index (χ0n) is 21.6. The average Bonchev–Trinajstić information content (AvgIpc) is 3.44. The minimum absolute atomic E-state index is 0.0637. The first-order chi connectivity index (χ1) is 16.3. The molecule has 1 aromatic rings. The molecule has 0 spiro atoms. The van der Waals surface area contributed by atoms with Crippen molar-refractivity contribution in [1.82, 2.24) is 15.1 Å². The fraction of sp³-hybridized carbons (Fsp3) is 0.536. The van der Waals surface area contributed by atoms with E-state index < -0.39 is 12.1 Å². The summed E-state index contributed by atoms with van der Waals surface area (Å²) in [5.41, 5.74) is 2.64. The number of hydrogen-bond acceptors (Lipinski definition) is 3. The van der Waals surface area contributed by atoms with Crippen LogP contribution in [0.4, 0.5) is 0 Å². The van der Waals surface area contributed by atoms with Crippen LogP contribution in [0.5, 0.6) is 0 Å². The molecule has 0 saturated carbocycles. The Morgan fingerprint density at radius 3 is 2.50 bits per heavy atom. The lowest BCUT2D eigenvalue weighted by molar-refractivity contribution is -0.143. The third-order valence-corrected chi connectivity index (χ3v) is 6.56. The molecule has 2 heterocycles. The summed E-state index contributed by atoms with van der Waals surface area (Å²) in [5.74, 6) is -0.432. The molecule has 186 valence electrons. The molecule has 0 bridgehead atoms. The van der Waals surface area contributed by atoms with Crippen LogP contribution in [0.15, 0.2) is 48.6 Å². The minimum atomic E-state index is -0.590. The predicted octanol–water partition coefficient (Wildman–Crippen LogP) is 4.71. The molecule has 3 amide bonds. The van der Waals surface area contributed by atoms with E-state index >= 15 is 0 Å². The monoisotopic (exact) mass is 467 g/mol. The molecule has 2 aliphatic rings. The number of nitrogens with zero attached hydrogens (tertiary/aromatic N) is 2. The number of carbonyl (C=O) groups is 3. The molecule has 34 heavy (non-hydrogen) atoms. The molecule has 6 nitrogen and oxygen atoms in total. The fourth-order valence-electron chi connectivity index (χ4n) is 4.86. The summed E-state index contributed by atoms with van der Waals surface area (Å²) in [5, 5.41) is 3.11. The maximum atomic E-state index is 13.7. The Hall–Kier alpha value is -2.89. The van der Waals surface area contributed by atoms with Crippen molar-refractivity contribution >= 4 is 17.7 Å². The van der Waals surface area contributed by atoms with Gasteiger partial charge in [-0.05, 0) is 43.7 Å². The van der Waals surface area contributed by atoms with E-state index in [0.717, 1.165) is 24.0 Å². The molecule has 6 heteroatoms. The van der Waals surface area contributed by atoms with Gasteiger partial charge < -0.3 is 15.1 Å². The molecule has 3 rings (SSSR count). The lowest BCUT2D eigenvalue weighted by Gasteiger charge is -2.35. The Kier molecular flexibility index (Phi) is 10.1. The molecule has 0 radical (unpaired) electrons. The smallest absolute Gasteiger partial charge is 0.255 e. The van der Waals surface area contributed by atoms with Crippen molar-refractivity contribution in [2.75, 3.05) is 6.54 Å². The van der Waals surface area contributed by atoms with E-state index in [0.29, 0.717) is 25.1 Å². The minimum Gasteiger partial charge on any atom is -0.348 e. The molecule has 0 aromatic heterocycles. The van der Waals surface area contributed by atoms with Gasteiger partial charge in [-0.2, -0.15) is 0 Å². The Bertz CT molecular complexity index is 921. The number of allylic oxidation sites excluding steroid dienone is 2. The molecule has 1 fully saturated rings. The summed E-state index contributed by atoms with van der Waals surface area (Å²) >= 11 is 0. The van der Waals surface area contributed by atoms with Crippen LogP contribution in [0.3, 0.4) is 0 Å². The van der Waals surface area contributed by atoms with E-state index in [1.165, 1.54) is 0 Å². The number of amides is 3.